The van der Waals surface area contributed by atoms with Crippen molar-refractivity contribution in [2.24, 2.45) is 0 Å². The number of ether oxygens (including phenoxy) is 3. The Bertz CT molecular complexity index is 1650. The molecule has 1 amide bonds. The quantitative estimate of drug-likeness (QED) is 0.208. The molecule has 0 unspecified atom stereocenters. The number of hydrogen-bond acceptors (Lipinski definition) is 7. The van der Waals surface area contributed by atoms with Gasteiger partial charge in [-0.05, 0) is 53.9 Å². The molecule has 5 aromatic rings. The molecular weight excluding hydrogens is 510 g/mol. The van der Waals surface area contributed by atoms with Crippen LogP contribution in [0.15, 0.2) is 66.9 Å². The first-order valence-electron chi connectivity index (χ1n) is 12.8. The van der Waals surface area contributed by atoms with Crippen LogP contribution < -0.4 is 19.5 Å². The Morgan fingerprint density at radius 2 is 1.70 bits per heavy atom. The molecule has 0 aliphatic carbocycles. The minimum atomic E-state index is -0.527. The molecule has 0 saturated carbocycles. The van der Waals surface area contributed by atoms with E-state index in [9.17, 15) is 15.0 Å². The number of nitrogens with zero attached hydrogens (tertiary/aromatic N) is 1. The van der Waals surface area contributed by atoms with Crippen molar-refractivity contribution in [3.05, 3.63) is 83.6 Å². The Hall–Kier alpha value is -4.60. The molecule has 4 N–H and O–H groups in total. The lowest BCUT2D eigenvalue weighted by Crippen LogP contribution is -2.39. The molecule has 0 spiro atoms. The van der Waals surface area contributed by atoms with Crippen LogP contribution in [0, 0.1) is 0 Å². The molecule has 3 aromatic carbocycles. The number of aliphatic hydroxyl groups is 2. The van der Waals surface area contributed by atoms with Crippen LogP contribution >= 0.6 is 0 Å². The van der Waals surface area contributed by atoms with E-state index in [4.69, 9.17) is 19.2 Å². The third-order valence-corrected chi connectivity index (χ3v) is 6.96. The lowest BCUT2D eigenvalue weighted by molar-refractivity contribution is 0.0918. The number of aromatic nitrogens is 2. The fraction of sp³-hybridized carbons (Fsp3) is 0.226. The molecule has 0 aliphatic heterocycles. The summed E-state index contributed by atoms with van der Waals surface area (Å²) in [6.07, 6.45) is 2.34. The van der Waals surface area contributed by atoms with Crippen LogP contribution in [-0.2, 0) is 13.0 Å². The molecule has 2 aromatic heterocycles. The molecule has 0 saturated heterocycles. The largest absolute Gasteiger partial charge is 0.493 e. The predicted octanol–water partition coefficient (Wildman–Crippen LogP) is 4.23. The molecule has 9 heteroatoms. The lowest BCUT2D eigenvalue weighted by Gasteiger charge is -2.18. The van der Waals surface area contributed by atoms with Crippen LogP contribution in [0.25, 0.3) is 33.1 Å². The third-order valence-electron chi connectivity index (χ3n) is 6.96. The van der Waals surface area contributed by atoms with E-state index in [2.05, 4.69) is 10.3 Å². The van der Waals surface area contributed by atoms with E-state index in [1.165, 1.54) is 21.3 Å². The minimum Gasteiger partial charge on any atom is -0.493 e. The number of H-pyrrole nitrogens is 1. The highest BCUT2D eigenvalue weighted by Gasteiger charge is 2.21. The van der Waals surface area contributed by atoms with Crippen molar-refractivity contribution in [3.63, 3.8) is 0 Å². The van der Waals surface area contributed by atoms with Crippen LogP contribution in [0.4, 0.5) is 0 Å². The van der Waals surface area contributed by atoms with E-state index in [-0.39, 0.29) is 19.1 Å². The van der Waals surface area contributed by atoms with Gasteiger partial charge in [0, 0.05) is 28.0 Å². The zero-order chi connectivity index (χ0) is 28.2. The van der Waals surface area contributed by atoms with Crippen LogP contribution in [0.3, 0.4) is 0 Å². The fourth-order valence-corrected chi connectivity index (χ4v) is 4.93. The fourth-order valence-electron chi connectivity index (χ4n) is 4.93. The standard InChI is InChI=1S/C31H31N3O6/c1-38-28-12-19(13-29(39-2)30(28)40-3)27-14-24(23-10-18(16-35)8-9-26(23)34-27)31(37)33-21(17-36)11-20-15-32-25-7-5-4-6-22(20)25/h4-10,12-15,21,32,35-36H,11,16-17H2,1-3H3,(H,33,37)/t21-/m1/s1. The molecule has 206 valence electrons. The number of nitrogens with one attached hydrogen (secondary N) is 2. The number of para-hydroxylation sites is 1. The number of rotatable bonds is 10. The number of aliphatic hydroxyl groups excluding tert-OH is 2. The zero-order valence-electron chi connectivity index (χ0n) is 22.5. The van der Waals surface area contributed by atoms with Crippen LogP contribution in [0.2, 0.25) is 0 Å². The molecule has 0 fully saturated rings. The first-order chi connectivity index (χ1) is 19.5. The van der Waals surface area contributed by atoms with Gasteiger partial charge in [-0.1, -0.05) is 24.3 Å². The van der Waals surface area contributed by atoms with E-state index in [1.54, 1.807) is 36.4 Å². The van der Waals surface area contributed by atoms with E-state index in [0.29, 0.717) is 57.0 Å². The zero-order valence-corrected chi connectivity index (χ0v) is 22.5. The summed E-state index contributed by atoms with van der Waals surface area (Å²) in [5.74, 6) is 0.997. The maximum absolute atomic E-state index is 13.8. The van der Waals surface area contributed by atoms with Gasteiger partial charge in [0.05, 0.1) is 57.4 Å². The van der Waals surface area contributed by atoms with Gasteiger partial charge in [0.15, 0.2) is 11.5 Å². The Kier molecular flexibility index (Phi) is 7.86. The number of carbonyl (C=O) groups is 1. The highest BCUT2D eigenvalue weighted by atomic mass is 16.5. The van der Waals surface area contributed by atoms with Gasteiger partial charge in [0.2, 0.25) is 5.75 Å². The van der Waals surface area contributed by atoms with Crippen LogP contribution in [0.5, 0.6) is 17.2 Å². The number of benzene rings is 3. The van der Waals surface area contributed by atoms with Gasteiger partial charge in [-0.25, -0.2) is 4.98 Å². The molecule has 2 heterocycles. The SMILES string of the molecule is COc1cc(-c2cc(C(=O)N[C@@H](CO)Cc3c[nH]c4ccccc34)c3cc(CO)ccc3n2)cc(OC)c1OC. The Morgan fingerprint density at radius 3 is 2.38 bits per heavy atom. The van der Waals surface area contributed by atoms with E-state index >= 15 is 0 Å². The number of amides is 1. The summed E-state index contributed by atoms with van der Waals surface area (Å²) in [5.41, 5.74) is 4.76. The second-order valence-electron chi connectivity index (χ2n) is 9.40. The summed E-state index contributed by atoms with van der Waals surface area (Å²) in [4.78, 5) is 21.8. The molecule has 40 heavy (non-hydrogen) atoms. The van der Waals surface area contributed by atoms with Crippen molar-refractivity contribution in [2.45, 2.75) is 19.1 Å². The van der Waals surface area contributed by atoms with Gasteiger partial charge in [-0.2, -0.15) is 0 Å². The van der Waals surface area contributed by atoms with Crippen molar-refractivity contribution in [1.82, 2.24) is 15.3 Å². The maximum atomic E-state index is 13.8. The van der Waals surface area contributed by atoms with E-state index in [0.717, 1.165) is 16.5 Å². The molecule has 9 nitrogen and oxygen atoms in total. The van der Waals surface area contributed by atoms with Crippen LogP contribution in [0.1, 0.15) is 21.5 Å². The molecule has 0 radical (unpaired) electrons. The maximum Gasteiger partial charge on any atom is 0.252 e. The Labute approximate surface area is 231 Å². The monoisotopic (exact) mass is 541 g/mol. The topological polar surface area (TPSA) is 126 Å². The van der Waals surface area contributed by atoms with Gasteiger partial charge in [0.1, 0.15) is 0 Å². The smallest absolute Gasteiger partial charge is 0.252 e. The highest BCUT2D eigenvalue weighted by molar-refractivity contribution is 6.07. The van der Waals surface area contributed by atoms with Crippen molar-refractivity contribution in [2.75, 3.05) is 27.9 Å². The van der Waals surface area contributed by atoms with Crippen molar-refractivity contribution < 1.29 is 29.2 Å². The summed E-state index contributed by atoms with van der Waals surface area (Å²) in [7, 11) is 4.60. The highest BCUT2D eigenvalue weighted by Crippen LogP contribution is 2.41. The van der Waals surface area contributed by atoms with E-state index in [1.807, 2.05) is 30.5 Å². The second-order valence-corrected chi connectivity index (χ2v) is 9.40. The van der Waals surface area contributed by atoms with Gasteiger partial charge in [-0.3, -0.25) is 4.79 Å². The average Bonchev–Trinajstić information content (AvgIpc) is 3.41. The van der Waals surface area contributed by atoms with E-state index < -0.39 is 6.04 Å². The summed E-state index contributed by atoms with van der Waals surface area (Å²) in [6.45, 7) is -0.415. The number of hydrogen-bond donors (Lipinski definition) is 4. The molecular formula is C31H31N3O6. The van der Waals surface area contributed by atoms with Gasteiger partial charge >= 0.3 is 0 Å². The third kappa shape index (κ3) is 5.16. The summed E-state index contributed by atoms with van der Waals surface area (Å²) in [5, 5.41) is 24.5. The summed E-state index contributed by atoms with van der Waals surface area (Å²) >= 11 is 0. The molecule has 0 aliphatic rings. The Balaban J connectivity index is 1.55. The number of aromatic amines is 1. The van der Waals surface area contributed by atoms with Crippen molar-refractivity contribution >= 4 is 27.7 Å². The van der Waals surface area contributed by atoms with Gasteiger partial charge < -0.3 is 34.7 Å². The molecule has 0 bridgehead atoms. The van der Waals surface area contributed by atoms with Gasteiger partial charge in [0.25, 0.3) is 5.91 Å². The number of pyridine rings is 1. The average molecular weight is 542 g/mol. The first-order valence-corrected chi connectivity index (χ1v) is 12.8. The van der Waals surface area contributed by atoms with Gasteiger partial charge in [-0.15, -0.1) is 0 Å². The predicted molar refractivity (Wildman–Crippen MR) is 153 cm³/mol. The Morgan fingerprint density at radius 1 is 0.950 bits per heavy atom. The van der Waals surface area contributed by atoms with Crippen molar-refractivity contribution in [1.29, 1.82) is 0 Å². The second kappa shape index (κ2) is 11.6. The normalized spacial score (nSPS) is 11.9. The summed E-state index contributed by atoms with van der Waals surface area (Å²) in [6, 6.07) is 17.9. The molecule has 1 atom stereocenters. The lowest BCUT2D eigenvalue weighted by atomic mass is 10.0. The molecule has 5 rings (SSSR count). The summed E-state index contributed by atoms with van der Waals surface area (Å²) < 4.78 is 16.5. The first kappa shape index (κ1) is 27.0. The van der Waals surface area contributed by atoms with Crippen molar-refractivity contribution in [3.8, 4) is 28.5 Å². The van der Waals surface area contributed by atoms with Crippen LogP contribution in [-0.4, -0.2) is 60.1 Å². The number of methoxy groups -OCH3 is 3. The number of carbonyl (C=O) groups excluding carboxylic acids is 1. The minimum absolute atomic E-state index is 0.175. The number of fused-ring (bicyclic) bond motifs is 2.